The summed E-state index contributed by atoms with van der Waals surface area (Å²) in [4.78, 5) is 3.37. The maximum atomic E-state index is 12.4. The first-order valence-electron chi connectivity index (χ1n) is 6.46. The maximum Gasteiger partial charge on any atom is 0.433 e. The molecule has 4 N–H and O–H groups in total. The van der Waals surface area contributed by atoms with Crippen LogP contribution >= 0.6 is 0 Å². The SMILES string of the molecule is N#Cc1ccc(NCc2ccc(C(F)(F)F)nc2)c(C(=N)N)c1. The second-order valence-corrected chi connectivity index (χ2v) is 4.69. The summed E-state index contributed by atoms with van der Waals surface area (Å²) in [5.41, 5.74) is 6.28. The number of rotatable bonds is 4. The molecule has 1 aromatic heterocycles. The minimum atomic E-state index is -4.47. The number of hydrogen-bond acceptors (Lipinski definition) is 4. The average Bonchev–Trinajstić information content (AvgIpc) is 2.52. The number of nitrogens with zero attached hydrogens (tertiary/aromatic N) is 2. The summed E-state index contributed by atoms with van der Waals surface area (Å²) in [6.07, 6.45) is -3.34. The molecule has 2 rings (SSSR count). The van der Waals surface area contributed by atoms with Gasteiger partial charge in [0.1, 0.15) is 11.5 Å². The first-order valence-corrected chi connectivity index (χ1v) is 6.46. The number of halogens is 3. The van der Waals surface area contributed by atoms with Gasteiger partial charge in [0.25, 0.3) is 0 Å². The van der Waals surface area contributed by atoms with Gasteiger partial charge in [-0.25, -0.2) is 0 Å². The summed E-state index contributed by atoms with van der Waals surface area (Å²) in [5, 5.41) is 19.3. The number of pyridine rings is 1. The van der Waals surface area contributed by atoms with Crippen molar-refractivity contribution in [1.29, 1.82) is 10.7 Å². The zero-order valence-corrected chi connectivity index (χ0v) is 11.8. The van der Waals surface area contributed by atoms with Gasteiger partial charge < -0.3 is 11.1 Å². The minimum absolute atomic E-state index is 0.206. The van der Waals surface area contributed by atoms with Crippen molar-refractivity contribution in [2.24, 2.45) is 5.73 Å². The highest BCUT2D eigenvalue weighted by molar-refractivity contribution is 6.00. The molecule has 2 aromatic rings. The van der Waals surface area contributed by atoms with E-state index >= 15 is 0 Å². The van der Waals surface area contributed by atoms with Crippen molar-refractivity contribution in [2.45, 2.75) is 12.7 Å². The normalized spacial score (nSPS) is 10.9. The number of benzene rings is 1. The fourth-order valence-electron chi connectivity index (χ4n) is 1.88. The molecule has 1 aromatic carbocycles. The van der Waals surface area contributed by atoms with E-state index in [0.29, 0.717) is 22.4 Å². The van der Waals surface area contributed by atoms with Gasteiger partial charge in [-0.1, -0.05) is 6.07 Å². The molecule has 0 fully saturated rings. The third kappa shape index (κ3) is 3.97. The van der Waals surface area contributed by atoms with Crippen molar-refractivity contribution in [1.82, 2.24) is 4.98 Å². The molecule has 0 saturated heterocycles. The topological polar surface area (TPSA) is 98.6 Å². The smallest absolute Gasteiger partial charge is 0.384 e. The summed E-state index contributed by atoms with van der Waals surface area (Å²) in [7, 11) is 0. The van der Waals surface area contributed by atoms with Crippen molar-refractivity contribution < 1.29 is 13.2 Å². The number of nitrogens with two attached hydrogens (primary N) is 1. The van der Waals surface area contributed by atoms with E-state index in [1.54, 1.807) is 12.1 Å². The number of aromatic nitrogens is 1. The summed E-state index contributed by atoms with van der Waals surface area (Å²) >= 11 is 0. The van der Waals surface area contributed by atoms with E-state index in [4.69, 9.17) is 16.4 Å². The van der Waals surface area contributed by atoms with Crippen LogP contribution in [0.3, 0.4) is 0 Å². The van der Waals surface area contributed by atoms with Crippen molar-refractivity contribution >= 4 is 11.5 Å². The quantitative estimate of drug-likeness (QED) is 0.596. The van der Waals surface area contributed by atoms with Gasteiger partial charge in [0, 0.05) is 24.0 Å². The van der Waals surface area contributed by atoms with Gasteiger partial charge in [0.05, 0.1) is 11.6 Å². The Morgan fingerprint density at radius 2 is 2.04 bits per heavy atom. The highest BCUT2D eigenvalue weighted by Gasteiger charge is 2.31. The molecule has 0 atom stereocenters. The van der Waals surface area contributed by atoms with E-state index < -0.39 is 11.9 Å². The lowest BCUT2D eigenvalue weighted by Crippen LogP contribution is -2.15. The van der Waals surface area contributed by atoms with Gasteiger partial charge in [-0.05, 0) is 29.8 Å². The summed E-state index contributed by atoms with van der Waals surface area (Å²) in [5.74, 6) is -0.213. The Hall–Kier alpha value is -3.08. The van der Waals surface area contributed by atoms with Crippen LogP contribution in [0.2, 0.25) is 0 Å². The Morgan fingerprint density at radius 1 is 1.30 bits per heavy atom. The van der Waals surface area contributed by atoms with E-state index in [9.17, 15) is 13.2 Å². The van der Waals surface area contributed by atoms with Crippen LogP contribution in [0.15, 0.2) is 36.5 Å². The van der Waals surface area contributed by atoms with Crippen LogP contribution in [0, 0.1) is 16.7 Å². The largest absolute Gasteiger partial charge is 0.433 e. The second kappa shape index (κ2) is 6.36. The fraction of sp³-hybridized carbons (Fsp3) is 0.133. The third-order valence-corrected chi connectivity index (χ3v) is 3.04. The molecule has 0 aliphatic carbocycles. The lowest BCUT2D eigenvalue weighted by Gasteiger charge is -2.12. The first kappa shape index (κ1) is 16.3. The number of hydrogen-bond donors (Lipinski definition) is 3. The lowest BCUT2D eigenvalue weighted by molar-refractivity contribution is -0.141. The van der Waals surface area contributed by atoms with Crippen LogP contribution in [0.1, 0.15) is 22.4 Å². The minimum Gasteiger partial charge on any atom is -0.384 e. The number of alkyl halides is 3. The highest BCUT2D eigenvalue weighted by atomic mass is 19.4. The zero-order valence-electron chi connectivity index (χ0n) is 11.8. The van der Waals surface area contributed by atoms with E-state index in [-0.39, 0.29) is 12.4 Å². The van der Waals surface area contributed by atoms with Gasteiger partial charge in [0.15, 0.2) is 0 Å². The van der Waals surface area contributed by atoms with Gasteiger partial charge in [0.2, 0.25) is 0 Å². The summed E-state index contributed by atoms with van der Waals surface area (Å²) in [6.45, 7) is 0.206. The molecule has 0 aliphatic heterocycles. The van der Waals surface area contributed by atoms with Crippen LogP contribution in [0.4, 0.5) is 18.9 Å². The molecule has 0 aliphatic rings. The van der Waals surface area contributed by atoms with Crippen molar-refractivity contribution in [2.75, 3.05) is 5.32 Å². The number of nitrogen functional groups attached to an aromatic ring is 1. The van der Waals surface area contributed by atoms with Crippen LogP contribution in [0.25, 0.3) is 0 Å². The predicted octanol–water partition coefficient (Wildman–Crippen LogP) is 2.87. The predicted molar refractivity (Wildman–Crippen MR) is 78.7 cm³/mol. The Morgan fingerprint density at radius 3 is 2.57 bits per heavy atom. The second-order valence-electron chi connectivity index (χ2n) is 4.69. The molecule has 0 spiro atoms. The lowest BCUT2D eigenvalue weighted by atomic mass is 10.1. The standard InChI is InChI=1S/C15H12F3N5/c16-15(17,18)13-4-2-10(8-23-13)7-22-12-3-1-9(6-19)5-11(12)14(20)21/h1-5,8,22H,7H2,(H3,20,21). The molecule has 5 nitrogen and oxygen atoms in total. The Kier molecular flexibility index (Phi) is 4.50. The number of nitriles is 1. The van der Waals surface area contributed by atoms with Crippen LogP contribution < -0.4 is 11.1 Å². The fourth-order valence-corrected chi connectivity index (χ4v) is 1.88. The summed E-state index contributed by atoms with van der Waals surface area (Å²) < 4.78 is 37.3. The Labute approximate surface area is 130 Å². The number of amidine groups is 1. The molecule has 0 bridgehead atoms. The molecule has 1 heterocycles. The first-order chi connectivity index (χ1) is 10.8. The molecule has 8 heteroatoms. The monoisotopic (exact) mass is 319 g/mol. The Balaban J connectivity index is 2.15. The van der Waals surface area contributed by atoms with Crippen molar-refractivity contribution in [3.63, 3.8) is 0 Å². The molecule has 0 radical (unpaired) electrons. The van der Waals surface area contributed by atoms with Crippen LogP contribution in [-0.2, 0) is 12.7 Å². The van der Waals surface area contributed by atoms with Gasteiger partial charge in [-0.2, -0.15) is 18.4 Å². The van der Waals surface area contributed by atoms with Crippen LogP contribution in [-0.4, -0.2) is 10.8 Å². The van der Waals surface area contributed by atoms with E-state index in [1.165, 1.54) is 12.1 Å². The molecular formula is C15H12F3N5. The van der Waals surface area contributed by atoms with E-state index in [2.05, 4.69) is 10.3 Å². The molecule has 23 heavy (non-hydrogen) atoms. The number of nitrogens with one attached hydrogen (secondary N) is 2. The van der Waals surface area contributed by atoms with E-state index in [0.717, 1.165) is 12.3 Å². The van der Waals surface area contributed by atoms with Crippen molar-refractivity contribution in [3.05, 3.63) is 58.9 Å². The van der Waals surface area contributed by atoms with Gasteiger partial charge in [-0.3, -0.25) is 10.4 Å². The molecular weight excluding hydrogens is 307 g/mol. The van der Waals surface area contributed by atoms with E-state index in [1.807, 2.05) is 6.07 Å². The highest BCUT2D eigenvalue weighted by Crippen LogP contribution is 2.27. The number of anilines is 1. The third-order valence-electron chi connectivity index (χ3n) is 3.04. The summed E-state index contributed by atoms with van der Waals surface area (Å²) in [6, 6.07) is 8.78. The zero-order chi connectivity index (χ0) is 17.0. The van der Waals surface area contributed by atoms with Gasteiger partial charge in [-0.15, -0.1) is 0 Å². The van der Waals surface area contributed by atoms with Crippen molar-refractivity contribution in [3.8, 4) is 6.07 Å². The molecule has 0 unspecified atom stereocenters. The molecule has 0 amide bonds. The molecule has 118 valence electrons. The Bertz CT molecular complexity index is 760. The molecule has 0 saturated carbocycles. The van der Waals surface area contributed by atoms with Gasteiger partial charge >= 0.3 is 6.18 Å². The van der Waals surface area contributed by atoms with Crippen LogP contribution in [0.5, 0.6) is 0 Å². The average molecular weight is 319 g/mol. The maximum absolute atomic E-state index is 12.4.